The molecule has 1 aromatic heterocycles. The number of non-ortho nitro benzene ring substituents is 1. The molecule has 0 unspecified atom stereocenters. The lowest BCUT2D eigenvalue weighted by Crippen LogP contribution is -1.91. The molecule has 0 spiro atoms. The Bertz CT molecular complexity index is 888. The van der Waals surface area contributed by atoms with E-state index in [2.05, 4.69) is 15.5 Å². The van der Waals surface area contributed by atoms with Crippen LogP contribution in [0.1, 0.15) is 11.1 Å². The standard InChI is InChI=1S/C17H14N4O2S/c1-12-5-7-13(8-6-12)10-18-20-17-19-16(11-24-17)14-3-2-4-15(9-14)21(22)23/h2-11H,1H3,(H,19,20)/b18-10-. The van der Waals surface area contributed by atoms with Crippen molar-refractivity contribution in [2.24, 2.45) is 5.10 Å². The van der Waals surface area contributed by atoms with Gasteiger partial charge in [0.05, 0.1) is 16.8 Å². The highest BCUT2D eigenvalue weighted by Crippen LogP contribution is 2.27. The zero-order valence-electron chi connectivity index (χ0n) is 12.8. The molecule has 0 aliphatic carbocycles. The van der Waals surface area contributed by atoms with Crippen LogP contribution in [0.3, 0.4) is 0 Å². The third-order valence-electron chi connectivity index (χ3n) is 3.31. The first-order chi connectivity index (χ1) is 11.6. The lowest BCUT2D eigenvalue weighted by atomic mass is 10.1. The fraction of sp³-hybridized carbons (Fsp3) is 0.0588. The molecule has 120 valence electrons. The van der Waals surface area contributed by atoms with Crippen LogP contribution in [-0.2, 0) is 0 Å². The molecule has 0 aliphatic heterocycles. The highest BCUT2D eigenvalue weighted by Gasteiger charge is 2.09. The van der Waals surface area contributed by atoms with Crippen LogP contribution in [0.4, 0.5) is 10.8 Å². The number of nitro groups is 1. The van der Waals surface area contributed by atoms with Gasteiger partial charge in [-0.1, -0.05) is 42.0 Å². The summed E-state index contributed by atoms with van der Waals surface area (Å²) in [7, 11) is 0. The van der Waals surface area contributed by atoms with E-state index in [0.717, 1.165) is 5.56 Å². The van der Waals surface area contributed by atoms with Gasteiger partial charge < -0.3 is 0 Å². The summed E-state index contributed by atoms with van der Waals surface area (Å²) in [5, 5.41) is 17.5. The lowest BCUT2D eigenvalue weighted by molar-refractivity contribution is -0.384. The first-order valence-corrected chi connectivity index (χ1v) is 8.06. The van der Waals surface area contributed by atoms with Crippen LogP contribution >= 0.6 is 11.3 Å². The number of aryl methyl sites for hydroxylation is 1. The molecule has 7 heteroatoms. The van der Waals surface area contributed by atoms with Crippen LogP contribution in [0.25, 0.3) is 11.3 Å². The molecule has 3 rings (SSSR count). The number of thiazole rings is 1. The van der Waals surface area contributed by atoms with Crippen molar-refractivity contribution < 1.29 is 4.92 Å². The fourth-order valence-electron chi connectivity index (χ4n) is 2.05. The molecule has 24 heavy (non-hydrogen) atoms. The predicted octanol–water partition coefficient (Wildman–Crippen LogP) is 4.47. The van der Waals surface area contributed by atoms with Gasteiger partial charge in [-0.2, -0.15) is 5.10 Å². The molecular weight excluding hydrogens is 324 g/mol. The van der Waals surface area contributed by atoms with Crippen LogP contribution in [0, 0.1) is 17.0 Å². The van der Waals surface area contributed by atoms with Crippen molar-refractivity contribution in [3.63, 3.8) is 0 Å². The number of benzene rings is 2. The number of anilines is 1. The second-order valence-corrected chi connectivity index (χ2v) is 5.98. The van der Waals surface area contributed by atoms with Crippen molar-refractivity contribution >= 4 is 28.4 Å². The van der Waals surface area contributed by atoms with Gasteiger partial charge in [0.2, 0.25) is 5.13 Å². The van der Waals surface area contributed by atoms with Crippen molar-refractivity contribution in [1.82, 2.24) is 4.98 Å². The van der Waals surface area contributed by atoms with E-state index in [1.807, 2.05) is 36.6 Å². The minimum atomic E-state index is -0.416. The van der Waals surface area contributed by atoms with E-state index < -0.39 is 4.92 Å². The maximum atomic E-state index is 10.8. The Morgan fingerprint density at radius 3 is 2.79 bits per heavy atom. The van der Waals surface area contributed by atoms with Gasteiger partial charge in [-0.05, 0) is 12.5 Å². The minimum absolute atomic E-state index is 0.0485. The predicted molar refractivity (Wildman–Crippen MR) is 96.6 cm³/mol. The van der Waals surface area contributed by atoms with Crippen LogP contribution < -0.4 is 5.43 Å². The van der Waals surface area contributed by atoms with E-state index in [1.54, 1.807) is 18.3 Å². The van der Waals surface area contributed by atoms with Gasteiger partial charge in [-0.3, -0.25) is 15.5 Å². The van der Waals surface area contributed by atoms with Gasteiger partial charge in [-0.25, -0.2) is 4.98 Å². The zero-order chi connectivity index (χ0) is 16.9. The Hall–Kier alpha value is -3.06. The molecule has 2 aromatic carbocycles. The normalized spacial score (nSPS) is 10.9. The summed E-state index contributed by atoms with van der Waals surface area (Å²) in [4.78, 5) is 14.8. The lowest BCUT2D eigenvalue weighted by Gasteiger charge is -1.97. The molecule has 0 saturated heterocycles. The van der Waals surface area contributed by atoms with E-state index in [0.29, 0.717) is 16.4 Å². The topological polar surface area (TPSA) is 80.4 Å². The number of nitro benzene ring substituents is 1. The third-order valence-corrected chi connectivity index (χ3v) is 4.06. The largest absolute Gasteiger partial charge is 0.270 e. The van der Waals surface area contributed by atoms with E-state index in [-0.39, 0.29) is 5.69 Å². The van der Waals surface area contributed by atoms with E-state index in [9.17, 15) is 10.1 Å². The number of hydrazone groups is 1. The van der Waals surface area contributed by atoms with Crippen molar-refractivity contribution in [1.29, 1.82) is 0 Å². The van der Waals surface area contributed by atoms with E-state index in [1.165, 1.54) is 29.0 Å². The van der Waals surface area contributed by atoms with Crippen LogP contribution in [0.5, 0.6) is 0 Å². The summed E-state index contributed by atoms with van der Waals surface area (Å²) >= 11 is 1.39. The van der Waals surface area contributed by atoms with Crippen molar-refractivity contribution in [2.75, 3.05) is 5.43 Å². The van der Waals surface area contributed by atoms with Crippen molar-refractivity contribution in [3.05, 3.63) is 75.2 Å². The van der Waals surface area contributed by atoms with Gasteiger partial charge in [0.15, 0.2) is 0 Å². The van der Waals surface area contributed by atoms with Gasteiger partial charge in [0.25, 0.3) is 5.69 Å². The fourth-order valence-corrected chi connectivity index (χ4v) is 2.72. The Balaban J connectivity index is 1.70. The van der Waals surface area contributed by atoms with E-state index in [4.69, 9.17) is 0 Å². The summed E-state index contributed by atoms with van der Waals surface area (Å²) in [5.41, 5.74) is 6.49. The minimum Gasteiger partial charge on any atom is -0.258 e. The highest BCUT2D eigenvalue weighted by atomic mass is 32.1. The Morgan fingerprint density at radius 2 is 2.04 bits per heavy atom. The molecule has 6 nitrogen and oxygen atoms in total. The smallest absolute Gasteiger partial charge is 0.258 e. The zero-order valence-corrected chi connectivity index (χ0v) is 13.7. The van der Waals surface area contributed by atoms with Gasteiger partial charge >= 0.3 is 0 Å². The van der Waals surface area contributed by atoms with Gasteiger partial charge in [-0.15, -0.1) is 11.3 Å². The average Bonchev–Trinajstić information content (AvgIpc) is 3.06. The Kier molecular flexibility index (Phi) is 4.62. The number of hydrogen-bond acceptors (Lipinski definition) is 6. The molecule has 3 aromatic rings. The number of hydrogen-bond donors (Lipinski definition) is 1. The van der Waals surface area contributed by atoms with Gasteiger partial charge in [0.1, 0.15) is 0 Å². The summed E-state index contributed by atoms with van der Waals surface area (Å²) in [6.45, 7) is 2.03. The number of nitrogens with zero attached hydrogens (tertiary/aromatic N) is 3. The van der Waals surface area contributed by atoms with Crippen LogP contribution in [-0.4, -0.2) is 16.1 Å². The molecule has 0 atom stereocenters. The van der Waals surface area contributed by atoms with Gasteiger partial charge in [0, 0.05) is 23.1 Å². The van der Waals surface area contributed by atoms with Crippen LogP contribution in [0.15, 0.2) is 59.0 Å². The highest BCUT2D eigenvalue weighted by molar-refractivity contribution is 7.14. The first-order valence-electron chi connectivity index (χ1n) is 7.18. The number of rotatable bonds is 5. The first kappa shape index (κ1) is 15.8. The molecule has 1 heterocycles. The van der Waals surface area contributed by atoms with E-state index >= 15 is 0 Å². The number of nitrogens with one attached hydrogen (secondary N) is 1. The SMILES string of the molecule is Cc1ccc(/C=N\Nc2nc(-c3cccc([N+](=O)[O-])c3)cs2)cc1. The Morgan fingerprint density at radius 1 is 1.25 bits per heavy atom. The quantitative estimate of drug-likeness (QED) is 0.423. The van der Waals surface area contributed by atoms with Crippen molar-refractivity contribution in [3.8, 4) is 11.3 Å². The summed E-state index contributed by atoms with van der Waals surface area (Å²) in [6.07, 6.45) is 1.72. The molecule has 0 radical (unpaired) electrons. The maximum Gasteiger partial charge on any atom is 0.270 e. The molecular formula is C17H14N4O2S. The molecule has 0 saturated carbocycles. The third kappa shape index (κ3) is 3.82. The van der Waals surface area contributed by atoms with Crippen LogP contribution in [0.2, 0.25) is 0 Å². The second-order valence-electron chi connectivity index (χ2n) is 5.13. The number of aromatic nitrogens is 1. The monoisotopic (exact) mass is 338 g/mol. The molecule has 0 amide bonds. The Labute approximate surface area is 142 Å². The molecule has 0 bridgehead atoms. The molecule has 0 aliphatic rings. The summed E-state index contributed by atoms with van der Waals surface area (Å²) < 4.78 is 0. The summed E-state index contributed by atoms with van der Waals surface area (Å²) in [5.74, 6) is 0. The maximum absolute atomic E-state index is 10.8. The average molecular weight is 338 g/mol. The second kappa shape index (κ2) is 7.01. The summed E-state index contributed by atoms with van der Waals surface area (Å²) in [6, 6.07) is 14.4. The van der Waals surface area contributed by atoms with Crippen molar-refractivity contribution in [2.45, 2.75) is 6.92 Å². The molecule has 1 N–H and O–H groups in total. The molecule has 0 fully saturated rings.